The van der Waals surface area contributed by atoms with E-state index in [0.29, 0.717) is 12.0 Å². The quantitative estimate of drug-likeness (QED) is 0.819. The molecule has 4 nitrogen and oxygen atoms in total. The summed E-state index contributed by atoms with van der Waals surface area (Å²) in [7, 11) is 1.70. The first kappa shape index (κ1) is 12.3. The second kappa shape index (κ2) is 3.93. The van der Waals surface area contributed by atoms with Crippen LogP contribution >= 0.6 is 0 Å². The number of aliphatic hydroxyl groups is 1. The summed E-state index contributed by atoms with van der Waals surface area (Å²) >= 11 is 0. The van der Waals surface area contributed by atoms with Gasteiger partial charge in [-0.1, -0.05) is 6.07 Å². The van der Waals surface area contributed by atoms with Crippen molar-refractivity contribution in [2.75, 3.05) is 13.7 Å². The first-order valence-electron chi connectivity index (χ1n) is 8.04. The Morgan fingerprint density at radius 3 is 3.14 bits per heavy atom. The summed E-state index contributed by atoms with van der Waals surface area (Å²) in [6.07, 6.45) is 3.62. The lowest BCUT2D eigenvalue weighted by Crippen LogP contribution is -2.66. The molecule has 2 fully saturated rings. The fraction of sp³-hybridized carbons (Fsp3) is 0.647. The van der Waals surface area contributed by atoms with Crippen molar-refractivity contribution in [3.05, 3.63) is 23.3 Å². The van der Waals surface area contributed by atoms with Gasteiger partial charge in [0, 0.05) is 17.0 Å². The van der Waals surface area contributed by atoms with Gasteiger partial charge in [0.25, 0.3) is 0 Å². The van der Waals surface area contributed by atoms with Gasteiger partial charge < -0.3 is 19.9 Å². The molecule has 2 aliphatic heterocycles. The molecule has 21 heavy (non-hydrogen) atoms. The average Bonchev–Trinajstić information content (AvgIpc) is 2.83. The molecule has 5 atom stereocenters. The van der Waals surface area contributed by atoms with Crippen LogP contribution in [0.1, 0.15) is 30.4 Å². The largest absolute Gasteiger partial charge is 0.493 e. The van der Waals surface area contributed by atoms with Crippen molar-refractivity contribution < 1.29 is 14.6 Å². The predicted molar refractivity (Wildman–Crippen MR) is 77.9 cm³/mol. The second-order valence-corrected chi connectivity index (χ2v) is 6.98. The van der Waals surface area contributed by atoms with Crippen molar-refractivity contribution >= 4 is 0 Å². The number of ether oxygens (including phenoxy) is 2. The Hall–Kier alpha value is -1.26. The predicted octanol–water partition coefficient (Wildman–Crippen LogP) is 1.38. The molecule has 1 aromatic carbocycles. The molecule has 1 saturated carbocycles. The van der Waals surface area contributed by atoms with Crippen molar-refractivity contribution in [2.24, 2.45) is 5.92 Å². The third-order valence-electron chi connectivity index (χ3n) is 6.30. The molecule has 0 radical (unpaired) electrons. The summed E-state index contributed by atoms with van der Waals surface area (Å²) in [5.74, 6) is 2.31. The molecule has 4 heteroatoms. The molecule has 1 aromatic rings. The standard InChI is InChI=1S/C17H21NO3/c1-20-13-5-2-9-8-11-10-3-4-12(19)16-17(10,6-7-18-11)14(9)15(13)21-16/h2,5,10-12,16,18-19H,3-4,6-8H2,1H3/t10-,11+,12+,16-,17-/m0/s1. The van der Waals surface area contributed by atoms with Crippen molar-refractivity contribution in [1.82, 2.24) is 5.32 Å². The molecule has 0 amide bonds. The maximum Gasteiger partial charge on any atom is 0.165 e. The minimum Gasteiger partial charge on any atom is -0.493 e. The van der Waals surface area contributed by atoms with Crippen LogP contribution in [0.4, 0.5) is 0 Å². The van der Waals surface area contributed by atoms with E-state index in [-0.39, 0.29) is 17.6 Å². The zero-order chi connectivity index (χ0) is 14.2. The van der Waals surface area contributed by atoms with Crippen LogP contribution in [0.25, 0.3) is 0 Å². The zero-order valence-corrected chi connectivity index (χ0v) is 12.3. The third kappa shape index (κ3) is 1.29. The number of nitrogens with one attached hydrogen (secondary N) is 1. The van der Waals surface area contributed by atoms with E-state index >= 15 is 0 Å². The summed E-state index contributed by atoms with van der Waals surface area (Å²) in [5, 5.41) is 14.3. The summed E-state index contributed by atoms with van der Waals surface area (Å²) in [5.41, 5.74) is 2.74. The number of piperidine rings is 1. The molecule has 4 aliphatic rings. The number of benzene rings is 1. The minimum atomic E-state index is -0.358. The lowest BCUT2D eigenvalue weighted by molar-refractivity contribution is -0.0761. The van der Waals surface area contributed by atoms with Gasteiger partial charge in [0.2, 0.25) is 0 Å². The van der Waals surface area contributed by atoms with Crippen LogP contribution in [0, 0.1) is 5.92 Å². The van der Waals surface area contributed by atoms with Gasteiger partial charge >= 0.3 is 0 Å². The van der Waals surface area contributed by atoms with Gasteiger partial charge in [-0.15, -0.1) is 0 Å². The number of rotatable bonds is 1. The summed E-state index contributed by atoms with van der Waals surface area (Å²) < 4.78 is 11.8. The maximum atomic E-state index is 10.6. The summed E-state index contributed by atoms with van der Waals surface area (Å²) in [6, 6.07) is 4.75. The molecule has 1 spiro atoms. The Morgan fingerprint density at radius 1 is 1.38 bits per heavy atom. The molecule has 2 bridgehead atoms. The average molecular weight is 287 g/mol. The normalized spacial score (nSPS) is 42.2. The van der Waals surface area contributed by atoms with E-state index < -0.39 is 0 Å². The van der Waals surface area contributed by atoms with Crippen LogP contribution in [0.15, 0.2) is 12.1 Å². The van der Waals surface area contributed by atoms with E-state index in [9.17, 15) is 5.11 Å². The Kier molecular flexibility index (Phi) is 2.30. The lowest BCUT2D eigenvalue weighted by Gasteiger charge is -2.56. The molecule has 112 valence electrons. The van der Waals surface area contributed by atoms with Gasteiger partial charge in [0.15, 0.2) is 11.5 Å². The third-order valence-corrected chi connectivity index (χ3v) is 6.30. The highest BCUT2D eigenvalue weighted by molar-refractivity contribution is 5.61. The molecule has 5 rings (SSSR count). The van der Waals surface area contributed by atoms with Crippen molar-refractivity contribution in [3.8, 4) is 11.5 Å². The van der Waals surface area contributed by atoms with Crippen molar-refractivity contribution in [1.29, 1.82) is 0 Å². The second-order valence-electron chi connectivity index (χ2n) is 6.98. The highest BCUT2D eigenvalue weighted by atomic mass is 16.5. The van der Waals surface area contributed by atoms with Crippen molar-refractivity contribution in [3.63, 3.8) is 0 Å². The smallest absolute Gasteiger partial charge is 0.165 e. The van der Waals surface area contributed by atoms with Gasteiger partial charge in [0.05, 0.1) is 13.2 Å². The highest BCUT2D eigenvalue weighted by Gasteiger charge is 2.64. The monoisotopic (exact) mass is 287 g/mol. The molecule has 0 unspecified atom stereocenters. The van der Waals surface area contributed by atoms with Gasteiger partial charge in [0.1, 0.15) is 6.10 Å². The summed E-state index contributed by atoms with van der Waals surface area (Å²) in [6.45, 7) is 1.02. The van der Waals surface area contributed by atoms with Crippen LogP contribution in [0.3, 0.4) is 0 Å². The van der Waals surface area contributed by atoms with E-state index in [2.05, 4.69) is 11.4 Å². The fourth-order valence-corrected chi connectivity index (χ4v) is 5.59. The SMILES string of the molecule is COc1ccc2c3c1O[C@H]1[C@H](O)CC[C@H]4[C@@H](C2)NCC[C@@]341. The van der Waals surface area contributed by atoms with E-state index in [0.717, 1.165) is 43.7 Å². The van der Waals surface area contributed by atoms with E-state index in [4.69, 9.17) is 9.47 Å². The van der Waals surface area contributed by atoms with Crippen LogP contribution < -0.4 is 14.8 Å². The Morgan fingerprint density at radius 2 is 2.29 bits per heavy atom. The number of methoxy groups -OCH3 is 1. The molecule has 2 N–H and O–H groups in total. The number of hydrogen-bond donors (Lipinski definition) is 2. The molecule has 0 aromatic heterocycles. The summed E-state index contributed by atoms with van der Waals surface area (Å²) in [4.78, 5) is 0. The van der Waals surface area contributed by atoms with Gasteiger partial charge in [-0.25, -0.2) is 0 Å². The highest BCUT2D eigenvalue weighted by Crippen LogP contribution is 2.62. The Bertz CT molecular complexity index is 616. The molecule has 1 saturated heterocycles. The van der Waals surface area contributed by atoms with E-state index in [1.54, 1.807) is 7.11 Å². The van der Waals surface area contributed by atoms with Crippen LogP contribution in [-0.2, 0) is 11.8 Å². The van der Waals surface area contributed by atoms with Crippen molar-refractivity contribution in [2.45, 2.75) is 49.3 Å². The van der Waals surface area contributed by atoms with Gasteiger partial charge in [-0.05, 0) is 49.8 Å². The first-order valence-corrected chi connectivity index (χ1v) is 8.04. The van der Waals surface area contributed by atoms with Crippen LogP contribution in [0.5, 0.6) is 11.5 Å². The minimum absolute atomic E-state index is 0.00500. The number of aliphatic hydroxyl groups excluding tert-OH is 1. The van der Waals surface area contributed by atoms with Crippen LogP contribution in [0.2, 0.25) is 0 Å². The van der Waals surface area contributed by atoms with Crippen LogP contribution in [-0.4, -0.2) is 37.0 Å². The zero-order valence-electron chi connectivity index (χ0n) is 12.3. The first-order chi connectivity index (χ1) is 10.3. The van der Waals surface area contributed by atoms with E-state index in [1.165, 1.54) is 11.1 Å². The molecular weight excluding hydrogens is 266 g/mol. The maximum absolute atomic E-state index is 10.6. The Balaban J connectivity index is 1.81. The number of hydrogen-bond acceptors (Lipinski definition) is 4. The molecular formula is C17H21NO3. The Labute approximate surface area is 124 Å². The fourth-order valence-electron chi connectivity index (χ4n) is 5.59. The lowest BCUT2D eigenvalue weighted by atomic mass is 9.52. The molecule has 2 aliphatic carbocycles. The topological polar surface area (TPSA) is 50.7 Å². The van der Waals surface area contributed by atoms with E-state index in [1.807, 2.05) is 6.07 Å². The van der Waals surface area contributed by atoms with Gasteiger partial charge in [-0.3, -0.25) is 0 Å². The molecule has 2 heterocycles. The van der Waals surface area contributed by atoms with Gasteiger partial charge in [-0.2, -0.15) is 0 Å².